The van der Waals surface area contributed by atoms with Crippen LogP contribution in [0.3, 0.4) is 0 Å². The number of esters is 1. The number of carbonyl (C=O) groups is 1. The highest BCUT2D eigenvalue weighted by Crippen LogP contribution is 2.28. The topological polar surface area (TPSA) is 64.1 Å². The van der Waals surface area contributed by atoms with E-state index in [-0.39, 0.29) is 0 Å². The Balaban J connectivity index is 1.47. The molecule has 0 bridgehead atoms. The van der Waals surface area contributed by atoms with E-state index in [9.17, 15) is 4.79 Å². The lowest BCUT2D eigenvalue weighted by Crippen LogP contribution is -2.08. The Kier molecular flexibility index (Phi) is 5.76. The van der Waals surface area contributed by atoms with E-state index in [0.29, 0.717) is 26.5 Å². The van der Waals surface area contributed by atoms with Gasteiger partial charge in [-0.3, -0.25) is 4.98 Å². The molecule has 0 aliphatic heterocycles. The van der Waals surface area contributed by atoms with E-state index in [1.807, 2.05) is 29.6 Å². The maximum atomic E-state index is 12.3. The van der Waals surface area contributed by atoms with Crippen LogP contribution in [0.2, 0.25) is 10.0 Å². The number of hydrogen-bond acceptors (Lipinski definition) is 6. The molecule has 0 spiro atoms. The van der Waals surface area contributed by atoms with Crippen molar-refractivity contribution >= 4 is 51.3 Å². The van der Waals surface area contributed by atoms with Crippen molar-refractivity contribution in [3.8, 4) is 17.1 Å². The number of hydrogen-bond donors (Lipinski definition) is 1. The summed E-state index contributed by atoms with van der Waals surface area (Å²) < 4.78 is 5.44. The fourth-order valence-corrected chi connectivity index (χ4v) is 3.54. The minimum absolute atomic E-state index is 0.295. The summed E-state index contributed by atoms with van der Waals surface area (Å²) in [5.74, 6) is -0.125. The van der Waals surface area contributed by atoms with Gasteiger partial charge in [0.05, 0.1) is 21.3 Å². The highest BCUT2D eigenvalue weighted by molar-refractivity contribution is 7.14. The molecule has 0 fully saturated rings. The molecule has 1 N–H and O–H groups in total. The lowest BCUT2D eigenvalue weighted by Gasteiger charge is -2.08. The molecular formula is C21H13Cl2N3O2S. The maximum Gasteiger partial charge on any atom is 0.343 e. The van der Waals surface area contributed by atoms with E-state index in [2.05, 4.69) is 15.3 Å². The molecule has 0 atom stereocenters. The summed E-state index contributed by atoms with van der Waals surface area (Å²) in [5, 5.41) is 6.52. The van der Waals surface area contributed by atoms with Crippen LogP contribution in [0.1, 0.15) is 10.4 Å². The van der Waals surface area contributed by atoms with Crippen molar-refractivity contribution in [3.63, 3.8) is 0 Å². The van der Waals surface area contributed by atoms with E-state index in [1.165, 1.54) is 17.4 Å². The van der Waals surface area contributed by atoms with Crippen LogP contribution in [0.25, 0.3) is 11.4 Å². The summed E-state index contributed by atoms with van der Waals surface area (Å²) in [6.45, 7) is 0. The number of aromatic nitrogens is 2. The average Bonchev–Trinajstić information content (AvgIpc) is 3.19. The lowest BCUT2D eigenvalue weighted by atomic mass is 10.2. The number of thiazole rings is 1. The lowest BCUT2D eigenvalue weighted by molar-refractivity contribution is 0.0735. The number of ether oxygens (including phenoxy) is 1. The second kappa shape index (κ2) is 8.61. The molecule has 29 heavy (non-hydrogen) atoms. The Morgan fingerprint density at radius 3 is 2.66 bits per heavy atom. The first-order valence-electron chi connectivity index (χ1n) is 8.50. The van der Waals surface area contributed by atoms with Gasteiger partial charge in [0.25, 0.3) is 0 Å². The van der Waals surface area contributed by atoms with Gasteiger partial charge in [-0.15, -0.1) is 11.3 Å². The van der Waals surface area contributed by atoms with E-state index >= 15 is 0 Å². The van der Waals surface area contributed by atoms with E-state index < -0.39 is 5.97 Å². The van der Waals surface area contributed by atoms with Gasteiger partial charge < -0.3 is 10.1 Å². The zero-order chi connectivity index (χ0) is 20.2. The molecule has 0 unspecified atom stereocenters. The summed E-state index contributed by atoms with van der Waals surface area (Å²) in [7, 11) is 0. The minimum atomic E-state index is -0.521. The molecule has 0 amide bonds. The van der Waals surface area contributed by atoms with Crippen LogP contribution >= 0.6 is 34.5 Å². The number of nitrogens with one attached hydrogen (secondary N) is 1. The van der Waals surface area contributed by atoms with Crippen molar-refractivity contribution in [1.29, 1.82) is 0 Å². The third kappa shape index (κ3) is 4.74. The van der Waals surface area contributed by atoms with Gasteiger partial charge in [0, 0.05) is 23.3 Å². The van der Waals surface area contributed by atoms with Gasteiger partial charge in [-0.25, -0.2) is 9.78 Å². The van der Waals surface area contributed by atoms with Gasteiger partial charge in [-0.2, -0.15) is 0 Å². The number of pyridine rings is 1. The Morgan fingerprint density at radius 1 is 0.966 bits per heavy atom. The van der Waals surface area contributed by atoms with Crippen molar-refractivity contribution in [2.45, 2.75) is 0 Å². The quantitative estimate of drug-likeness (QED) is 0.283. The third-order valence-electron chi connectivity index (χ3n) is 3.88. The maximum absolute atomic E-state index is 12.3. The predicted octanol–water partition coefficient (Wildman–Crippen LogP) is 6.47. The average molecular weight is 442 g/mol. The minimum Gasteiger partial charge on any atom is -0.423 e. The van der Waals surface area contributed by atoms with Crippen molar-refractivity contribution < 1.29 is 9.53 Å². The summed E-state index contributed by atoms with van der Waals surface area (Å²) in [6, 6.07) is 17.3. The van der Waals surface area contributed by atoms with E-state index in [4.69, 9.17) is 27.9 Å². The highest BCUT2D eigenvalue weighted by Gasteiger charge is 2.12. The predicted molar refractivity (Wildman–Crippen MR) is 116 cm³/mol. The number of carbonyl (C=O) groups excluding carboxylic acids is 1. The van der Waals surface area contributed by atoms with Gasteiger partial charge in [-0.05, 0) is 42.5 Å². The second-order valence-corrected chi connectivity index (χ2v) is 7.60. The highest BCUT2D eigenvalue weighted by atomic mass is 35.5. The SMILES string of the molecule is O=C(Oc1cccc(Nc2nc(-c3ccccn3)cs2)c1)c1ccc(Cl)c(Cl)c1. The van der Waals surface area contributed by atoms with Crippen LogP contribution in [0.4, 0.5) is 10.8 Å². The van der Waals surface area contributed by atoms with Crippen molar-refractivity contribution in [2.75, 3.05) is 5.32 Å². The molecule has 5 nitrogen and oxygen atoms in total. The molecule has 0 aliphatic rings. The molecule has 0 aliphatic carbocycles. The third-order valence-corrected chi connectivity index (χ3v) is 5.38. The largest absolute Gasteiger partial charge is 0.423 e. The Labute approximate surface area is 180 Å². The Hall–Kier alpha value is -2.93. The fraction of sp³-hybridized carbons (Fsp3) is 0. The van der Waals surface area contributed by atoms with Crippen LogP contribution in [-0.2, 0) is 0 Å². The van der Waals surface area contributed by atoms with E-state index in [0.717, 1.165) is 17.1 Å². The van der Waals surface area contributed by atoms with Gasteiger partial charge in [-0.1, -0.05) is 35.3 Å². The molecule has 2 aromatic heterocycles. The normalized spacial score (nSPS) is 10.6. The van der Waals surface area contributed by atoms with Gasteiger partial charge >= 0.3 is 5.97 Å². The molecule has 144 valence electrons. The number of rotatable bonds is 5. The van der Waals surface area contributed by atoms with Crippen molar-refractivity contribution in [1.82, 2.24) is 9.97 Å². The van der Waals surface area contributed by atoms with Crippen LogP contribution in [0.15, 0.2) is 72.2 Å². The molecule has 4 rings (SSSR count). The first kappa shape index (κ1) is 19.4. The fourth-order valence-electron chi connectivity index (χ4n) is 2.51. The summed E-state index contributed by atoms with van der Waals surface area (Å²) in [5.41, 5.74) is 2.66. The molecule has 8 heteroatoms. The molecule has 2 heterocycles. The molecule has 0 radical (unpaired) electrons. The van der Waals surface area contributed by atoms with Crippen LogP contribution in [0, 0.1) is 0 Å². The monoisotopic (exact) mass is 441 g/mol. The van der Waals surface area contributed by atoms with Crippen molar-refractivity contribution in [2.24, 2.45) is 0 Å². The number of benzene rings is 2. The molecule has 0 saturated heterocycles. The smallest absolute Gasteiger partial charge is 0.343 e. The van der Waals surface area contributed by atoms with E-state index in [1.54, 1.807) is 36.5 Å². The summed E-state index contributed by atoms with van der Waals surface area (Å²) in [4.78, 5) is 21.2. The zero-order valence-electron chi connectivity index (χ0n) is 14.8. The van der Waals surface area contributed by atoms with Crippen LogP contribution in [-0.4, -0.2) is 15.9 Å². The first-order chi connectivity index (χ1) is 14.1. The first-order valence-corrected chi connectivity index (χ1v) is 10.1. The molecule has 2 aromatic carbocycles. The number of nitrogens with zero attached hydrogens (tertiary/aromatic N) is 2. The zero-order valence-corrected chi connectivity index (χ0v) is 17.1. The number of halogens is 2. The van der Waals surface area contributed by atoms with Crippen molar-refractivity contribution in [3.05, 3.63) is 87.8 Å². The molecular weight excluding hydrogens is 429 g/mol. The Morgan fingerprint density at radius 2 is 1.86 bits per heavy atom. The number of anilines is 2. The summed E-state index contributed by atoms with van der Waals surface area (Å²) >= 11 is 13.3. The second-order valence-electron chi connectivity index (χ2n) is 5.92. The Bertz CT molecular complexity index is 1170. The van der Waals surface area contributed by atoms with Gasteiger partial charge in [0.15, 0.2) is 5.13 Å². The van der Waals surface area contributed by atoms with Crippen LogP contribution in [0.5, 0.6) is 5.75 Å². The summed E-state index contributed by atoms with van der Waals surface area (Å²) in [6.07, 6.45) is 1.73. The van der Waals surface area contributed by atoms with Crippen LogP contribution < -0.4 is 10.1 Å². The van der Waals surface area contributed by atoms with Gasteiger partial charge in [0.2, 0.25) is 0 Å². The van der Waals surface area contributed by atoms with Gasteiger partial charge in [0.1, 0.15) is 11.4 Å². The standard InChI is InChI=1S/C21H13Cl2N3O2S/c22-16-8-7-13(10-17(16)23)20(27)28-15-5-3-4-14(11-15)25-21-26-19(12-29-21)18-6-1-2-9-24-18/h1-12H,(H,25,26). The molecule has 0 saturated carbocycles. The molecule has 4 aromatic rings.